The molecule has 0 spiro atoms. The molecule has 0 aliphatic carbocycles. The van der Waals surface area contributed by atoms with Gasteiger partial charge in [0, 0.05) is 23.8 Å². The van der Waals surface area contributed by atoms with Crippen LogP contribution in [0.4, 0.5) is 18.9 Å². The van der Waals surface area contributed by atoms with E-state index in [1.54, 1.807) is 31.3 Å². The summed E-state index contributed by atoms with van der Waals surface area (Å²) in [7, 11) is 0. The van der Waals surface area contributed by atoms with Crippen molar-refractivity contribution >= 4 is 29.3 Å². The highest BCUT2D eigenvalue weighted by molar-refractivity contribution is 6.22. The quantitative estimate of drug-likeness (QED) is 0.709. The Bertz CT molecular complexity index is 1080. The van der Waals surface area contributed by atoms with Crippen molar-refractivity contribution in [2.24, 2.45) is 0 Å². The van der Waals surface area contributed by atoms with E-state index in [1.165, 1.54) is 30.3 Å². The standard InChI is InChI=1S/C21H18F3N3O4/c1-11(2)27-18(29)14-8-7-12(9-15(14)19(27)30)17(28)26-16-6-4-3-5-13(16)10-25-20(31)21(22,23)24/h3-9,11H,10H2,1-2H3,(H,25,31)(H,26,28). The van der Waals surface area contributed by atoms with E-state index in [0.29, 0.717) is 0 Å². The first-order chi connectivity index (χ1) is 14.5. The molecule has 0 fully saturated rings. The van der Waals surface area contributed by atoms with E-state index >= 15 is 0 Å². The van der Waals surface area contributed by atoms with Gasteiger partial charge in [-0.05, 0) is 43.7 Å². The minimum Gasteiger partial charge on any atom is -0.344 e. The second kappa shape index (κ2) is 8.21. The zero-order valence-corrected chi connectivity index (χ0v) is 16.5. The minimum atomic E-state index is -5.02. The number of halogens is 3. The molecule has 31 heavy (non-hydrogen) atoms. The molecule has 1 aliphatic rings. The van der Waals surface area contributed by atoms with Crippen LogP contribution < -0.4 is 10.6 Å². The highest BCUT2D eigenvalue weighted by Crippen LogP contribution is 2.26. The summed E-state index contributed by atoms with van der Waals surface area (Å²) in [6.07, 6.45) is -5.02. The summed E-state index contributed by atoms with van der Waals surface area (Å²) < 4.78 is 37.2. The number of carbonyl (C=O) groups is 4. The highest BCUT2D eigenvalue weighted by atomic mass is 19.4. The number of amides is 4. The fourth-order valence-electron chi connectivity index (χ4n) is 3.14. The van der Waals surface area contributed by atoms with Crippen molar-refractivity contribution in [3.8, 4) is 0 Å². The molecule has 0 unspecified atom stereocenters. The van der Waals surface area contributed by atoms with Gasteiger partial charge in [-0.1, -0.05) is 18.2 Å². The fourth-order valence-corrected chi connectivity index (χ4v) is 3.14. The van der Waals surface area contributed by atoms with Crippen LogP contribution in [0.5, 0.6) is 0 Å². The van der Waals surface area contributed by atoms with Crippen LogP contribution in [0.15, 0.2) is 42.5 Å². The van der Waals surface area contributed by atoms with Crippen molar-refractivity contribution in [2.75, 3.05) is 5.32 Å². The second-order valence-corrected chi connectivity index (χ2v) is 7.13. The zero-order chi connectivity index (χ0) is 22.9. The smallest absolute Gasteiger partial charge is 0.344 e. The van der Waals surface area contributed by atoms with Gasteiger partial charge in [0.1, 0.15) is 0 Å². The van der Waals surface area contributed by atoms with E-state index < -0.39 is 36.3 Å². The van der Waals surface area contributed by atoms with Gasteiger partial charge in [-0.25, -0.2) is 0 Å². The molecule has 3 rings (SSSR count). The number of nitrogens with one attached hydrogen (secondary N) is 2. The molecule has 162 valence electrons. The number of anilines is 1. The Kier molecular flexibility index (Phi) is 5.83. The minimum absolute atomic E-state index is 0.0969. The molecule has 2 aromatic rings. The molecule has 2 aromatic carbocycles. The Balaban J connectivity index is 1.79. The predicted octanol–water partition coefficient (Wildman–Crippen LogP) is 3.12. The second-order valence-electron chi connectivity index (χ2n) is 7.13. The lowest BCUT2D eigenvalue weighted by molar-refractivity contribution is -0.173. The summed E-state index contributed by atoms with van der Waals surface area (Å²) in [5.74, 6) is -3.65. The first kappa shape index (κ1) is 22.0. The molecule has 0 aromatic heterocycles. The van der Waals surface area contributed by atoms with Gasteiger partial charge < -0.3 is 10.6 Å². The van der Waals surface area contributed by atoms with E-state index in [2.05, 4.69) is 5.32 Å². The number of benzene rings is 2. The van der Waals surface area contributed by atoms with Gasteiger partial charge in [-0.2, -0.15) is 13.2 Å². The number of carbonyl (C=O) groups excluding carboxylic acids is 4. The summed E-state index contributed by atoms with van der Waals surface area (Å²) >= 11 is 0. The number of nitrogens with zero attached hydrogens (tertiary/aromatic N) is 1. The Morgan fingerprint density at radius 3 is 2.29 bits per heavy atom. The first-order valence-corrected chi connectivity index (χ1v) is 9.27. The average Bonchev–Trinajstić information content (AvgIpc) is 2.96. The molecule has 7 nitrogen and oxygen atoms in total. The molecule has 4 amide bonds. The van der Waals surface area contributed by atoms with Crippen molar-refractivity contribution in [3.05, 3.63) is 64.7 Å². The number of para-hydroxylation sites is 1. The SMILES string of the molecule is CC(C)N1C(=O)c2ccc(C(=O)Nc3ccccc3CNC(=O)C(F)(F)F)cc2C1=O. The Labute approximate surface area is 175 Å². The van der Waals surface area contributed by atoms with Crippen LogP contribution in [-0.4, -0.2) is 40.7 Å². The van der Waals surface area contributed by atoms with Crippen LogP contribution in [-0.2, 0) is 11.3 Å². The normalized spacial score (nSPS) is 13.4. The summed E-state index contributed by atoms with van der Waals surface area (Å²) in [6, 6.07) is 9.78. The van der Waals surface area contributed by atoms with Gasteiger partial charge in [0.05, 0.1) is 11.1 Å². The molecular formula is C21H18F3N3O4. The van der Waals surface area contributed by atoms with Gasteiger partial charge >= 0.3 is 12.1 Å². The predicted molar refractivity (Wildman–Crippen MR) is 104 cm³/mol. The number of rotatable bonds is 5. The molecular weight excluding hydrogens is 415 g/mol. The van der Waals surface area contributed by atoms with Crippen molar-refractivity contribution in [1.82, 2.24) is 10.2 Å². The molecule has 0 bridgehead atoms. The third-order valence-corrected chi connectivity index (χ3v) is 4.66. The van der Waals surface area contributed by atoms with E-state index in [4.69, 9.17) is 0 Å². The maximum atomic E-state index is 12.7. The summed E-state index contributed by atoms with van der Waals surface area (Å²) in [6.45, 7) is 2.95. The fraction of sp³-hybridized carbons (Fsp3) is 0.238. The Hall–Kier alpha value is -3.69. The lowest BCUT2D eigenvalue weighted by Crippen LogP contribution is -2.36. The topological polar surface area (TPSA) is 95.6 Å². The van der Waals surface area contributed by atoms with Crippen LogP contribution >= 0.6 is 0 Å². The zero-order valence-electron chi connectivity index (χ0n) is 16.5. The summed E-state index contributed by atoms with van der Waals surface area (Å²) in [5, 5.41) is 4.31. The lowest BCUT2D eigenvalue weighted by atomic mass is 10.0. The van der Waals surface area contributed by atoms with E-state index in [9.17, 15) is 32.3 Å². The van der Waals surface area contributed by atoms with E-state index in [0.717, 1.165) is 4.90 Å². The van der Waals surface area contributed by atoms with Crippen LogP contribution in [0.25, 0.3) is 0 Å². The van der Waals surface area contributed by atoms with Gasteiger partial charge in [0.15, 0.2) is 0 Å². The van der Waals surface area contributed by atoms with Crippen molar-refractivity contribution < 1.29 is 32.3 Å². The van der Waals surface area contributed by atoms with Crippen LogP contribution in [0.1, 0.15) is 50.5 Å². The molecule has 0 atom stereocenters. The van der Waals surface area contributed by atoms with Crippen molar-refractivity contribution in [1.29, 1.82) is 0 Å². The van der Waals surface area contributed by atoms with Gasteiger partial charge in [0.25, 0.3) is 17.7 Å². The van der Waals surface area contributed by atoms with Crippen LogP contribution in [0, 0.1) is 0 Å². The molecule has 0 radical (unpaired) electrons. The maximum absolute atomic E-state index is 12.7. The van der Waals surface area contributed by atoms with Gasteiger partial charge in [0.2, 0.25) is 0 Å². The average molecular weight is 433 g/mol. The van der Waals surface area contributed by atoms with Gasteiger partial charge in [-0.3, -0.25) is 24.1 Å². The number of hydrogen-bond donors (Lipinski definition) is 2. The molecule has 10 heteroatoms. The first-order valence-electron chi connectivity index (χ1n) is 9.27. The summed E-state index contributed by atoms with van der Waals surface area (Å²) in [4.78, 5) is 49.7. The number of hydrogen-bond acceptors (Lipinski definition) is 4. The van der Waals surface area contributed by atoms with Crippen molar-refractivity contribution in [3.63, 3.8) is 0 Å². The summed E-state index contributed by atoms with van der Waals surface area (Å²) in [5.41, 5.74) is 0.857. The third-order valence-electron chi connectivity index (χ3n) is 4.66. The molecule has 1 heterocycles. The monoisotopic (exact) mass is 433 g/mol. The largest absolute Gasteiger partial charge is 0.471 e. The van der Waals surface area contributed by atoms with Crippen molar-refractivity contribution in [2.45, 2.75) is 32.6 Å². The third kappa shape index (κ3) is 4.42. The van der Waals surface area contributed by atoms with E-state index in [1.807, 2.05) is 0 Å². The number of fused-ring (bicyclic) bond motifs is 1. The molecule has 0 saturated carbocycles. The Morgan fingerprint density at radius 2 is 1.65 bits per heavy atom. The molecule has 0 saturated heterocycles. The Morgan fingerprint density at radius 1 is 1.00 bits per heavy atom. The maximum Gasteiger partial charge on any atom is 0.471 e. The lowest BCUT2D eigenvalue weighted by Gasteiger charge is -2.17. The molecule has 1 aliphatic heterocycles. The van der Waals surface area contributed by atoms with E-state index in [-0.39, 0.29) is 34.0 Å². The van der Waals surface area contributed by atoms with Gasteiger partial charge in [-0.15, -0.1) is 0 Å². The number of imide groups is 1. The van der Waals surface area contributed by atoms with Crippen LogP contribution in [0.2, 0.25) is 0 Å². The number of alkyl halides is 3. The highest BCUT2D eigenvalue weighted by Gasteiger charge is 2.39. The van der Waals surface area contributed by atoms with Crippen LogP contribution in [0.3, 0.4) is 0 Å². The molecule has 2 N–H and O–H groups in total.